The largest absolute Gasteiger partial charge is 0.418 e. The van der Waals surface area contributed by atoms with E-state index in [0.717, 1.165) is 0 Å². The molecule has 5 heteroatoms. The van der Waals surface area contributed by atoms with Gasteiger partial charge in [0, 0.05) is 0 Å². The lowest BCUT2D eigenvalue weighted by molar-refractivity contribution is 0.163. The zero-order valence-electron chi connectivity index (χ0n) is 8.01. The Bertz CT molecular complexity index is 468. The summed E-state index contributed by atoms with van der Waals surface area (Å²) >= 11 is 5.96. The van der Waals surface area contributed by atoms with Crippen molar-refractivity contribution >= 4 is 11.6 Å². The van der Waals surface area contributed by atoms with Crippen LogP contribution in [0, 0.1) is 0 Å². The molecule has 1 aromatic carbocycles. The maximum absolute atomic E-state index is 9.22. The Hall–Kier alpha value is -1.39. The molecule has 1 unspecified atom stereocenters. The van der Waals surface area contributed by atoms with Crippen molar-refractivity contribution in [3.05, 3.63) is 35.2 Å². The summed E-state index contributed by atoms with van der Waals surface area (Å²) in [4.78, 5) is 0. The van der Waals surface area contributed by atoms with Crippen molar-refractivity contribution < 1.29 is 9.52 Å². The minimum absolute atomic E-state index is 0.185. The first kappa shape index (κ1) is 10.1. The number of aromatic nitrogens is 2. The molecule has 78 valence electrons. The molecule has 1 aromatic heterocycles. The molecule has 0 saturated heterocycles. The topological polar surface area (TPSA) is 59.2 Å². The van der Waals surface area contributed by atoms with Gasteiger partial charge in [0.2, 0.25) is 11.8 Å². The normalized spacial score (nSPS) is 12.7. The van der Waals surface area contributed by atoms with E-state index in [1.54, 1.807) is 19.1 Å². The maximum atomic E-state index is 9.22. The summed E-state index contributed by atoms with van der Waals surface area (Å²) in [5.41, 5.74) is 0.665. The summed E-state index contributed by atoms with van der Waals surface area (Å²) in [6.45, 7) is 1.56. The van der Waals surface area contributed by atoms with Gasteiger partial charge >= 0.3 is 0 Å². The van der Waals surface area contributed by atoms with E-state index in [-0.39, 0.29) is 5.89 Å². The Balaban J connectivity index is 2.42. The summed E-state index contributed by atoms with van der Waals surface area (Å²) in [7, 11) is 0. The Kier molecular flexibility index (Phi) is 2.70. The van der Waals surface area contributed by atoms with Crippen LogP contribution in [-0.2, 0) is 0 Å². The molecule has 0 fully saturated rings. The zero-order chi connectivity index (χ0) is 10.8. The van der Waals surface area contributed by atoms with E-state index in [4.69, 9.17) is 16.0 Å². The van der Waals surface area contributed by atoms with Crippen LogP contribution in [0.1, 0.15) is 18.9 Å². The third kappa shape index (κ3) is 2.00. The second-order valence-electron chi connectivity index (χ2n) is 3.10. The van der Waals surface area contributed by atoms with Crippen molar-refractivity contribution in [2.24, 2.45) is 0 Å². The molecule has 2 rings (SSSR count). The molecule has 1 N–H and O–H groups in total. The highest BCUT2D eigenvalue weighted by Gasteiger charge is 2.13. The smallest absolute Gasteiger partial charge is 0.249 e. The van der Waals surface area contributed by atoms with Crippen LogP contribution in [0.5, 0.6) is 0 Å². The summed E-state index contributed by atoms with van der Waals surface area (Å²) in [6.07, 6.45) is -0.770. The van der Waals surface area contributed by atoms with Crippen LogP contribution in [0.2, 0.25) is 5.02 Å². The van der Waals surface area contributed by atoms with Crippen molar-refractivity contribution in [3.63, 3.8) is 0 Å². The third-order valence-electron chi connectivity index (χ3n) is 1.90. The van der Waals surface area contributed by atoms with Gasteiger partial charge in [-0.1, -0.05) is 23.7 Å². The zero-order valence-corrected chi connectivity index (χ0v) is 8.77. The maximum Gasteiger partial charge on any atom is 0.249 e. The highest BCUT2D eigenvalue weighted by molar-refractivity contribution is 6.33. The molecule has 0 aliphatic carbocycles. The van der Waals surface area contributed by atoms with Gasteiger partial charge in [-0.15, -0.1) is 10.2 Å². The lowest BCUT2D eigenvalue weighted by atomic mass is 10.2. The number of halogens is 1. The Morgan fingerprint density at radius 1 is 1.33 bits per heavy atom. The van der Waals surface area contributed by atoms with Crippen molar-refractivity contribution in [1.82, 2.24) is 10.2 Å². The molecule has 2 aromatic rings. The first-order valence-electron chi connectivity index (χ1n) is 4.45. The predicted octanol–water partition coefficient (Wildman–Crippen LogP) is 2.44. The van der Waals surface area contributed by atoms with Crippen LogP contribution < -0.4 is 0 Å². The third-order valence-corrected chi connectivity index (χ3v) is 2.23. The highest BCUT2D eigenvalue weighted by Crippen LogP contribution is 2.27. The number of nitrogens with zero attached hydrogens (tertiary/aromatic N) is 2. The first-order valence-corrected chi connectivity index (χ1v) is 4.82. The minimum atomic E-state index is -0.770. The molecular formula is C10H9ClN2O2. The van der Waals surface area contributed by atoms with Crippen molar-refractivity contribution in [2.45, 2.75) is 13.0 Å². The average molecular weight is 225 g/mol. The van der Waals surface area contributed by atoms with Crippen LogP contribution in [0.4, 0.5) is 0 Å². The Labute approximate surface area is 91.5 Å². The van der Waals surface area contributed by atoms with E-state index in [2.05, 4.69) is 10.2 Å². The number of hydrogen-bond donors (Lipinski definition) is 1. The predicted molar refractivity (Wildman–Crippen MR) is 55.4 cm³/mol. The van der Waals surface area contributed by atoms with Crippen LogP contribution in [-0.4, -0.2) is 15.3 Å². The lowest BCUT2D eigenvalue weighted by Gasteiger charge is -1.97. The van der Waals surface area contributed by atoms with E-state index in [1.807, 2.05) is 12.1 Å². The van der Waals surface area contributed by atoms with Gasteiger partial charge in [0.25, 0.3) is 0 Å². The van der Waals surface area contributed by atoms with Crippen LogP contribution in [0.15, 0.2) is 28.7 Å². The second kappa shape index (κ2) is 4.00. The van der Waals surface area contributed by atoms with Gasteiger partial charge < -0.3 is 9.52 Å². The Morgan fingerprint density at radius 2 is 2.07 bits per heavy atom. The van der Waals surface area contributed by atoms with Gasteiger partial charge in [-0.3, -0.25) is 0 Å². The fourth-order valence-corrected chi connectivity index (χ4v) is 1.36. The number of benzene rings is 1. The van der Waals surface area contributed by atoms with Gasteiger partial charge in [-0.25, -0.2) is 0 Å². The van der Waals surface area contributed by atoms with Gasteiger partial charge in [0.15, 0.2) is 0 Å². The van der Waals surface area contributed by atoms with Gasteiger partial charge in [0.05, 0.1) is 10.6 Å². The fourth-order valence-electron chi connectivity index (χ4n) is 1.15. The molecule has 0 bridgehead atoms. The molecule has 4 nitrogen and oxygen atoms in total. The molecule has 0 saturated carbocycles. The number of hydrogen-bond acceptors (Lipinski definition) is 4. The van der Waals surface area contributed by atoms with E-state index < -0.39 is 6.10 Å². The summed E-state index contributed by atoms with van der Waals surface area (Å²) in [5, 5.41) is 17.3. The van der Waals surface area contributed by atoms with Crippen LogP contribution in [0.25, 0.3) is 11.5 Å². The summed E-state index contributed by atoms with van der Waals surface area (Å²) < 4.78 is 5.26. The monoisotopic (exact) mass is 224 g/mol. The molecule has 0 spiro atoms. The number of rotatable bonds is 2. The van der Waals surface area contributed by atoms with E-state index in [9.17, 15) is 5.11 Å². The first-order chi connectivity index (χ1) is 7.18. The van der Waals surface area contributed by atoms with Crippen LogP contribution in [0.3, 0.4) is 0 Å². The fraction of sp³-hybridized carbons (Fsp3) is 0.200. The quantitative estimate of drug-likeness (QED) is 0.851. The Morgan fingerprint density at radius 3 is 2.67 bits per heavy atom. The molecule has 1 atom stereocenters. The van der Waals surface area contributed by atoms with Gasteiger partial charge in [-0.05, 0) is 19.1 Å². The number of aliphatic hydroxyl groups is 1. The SMILES string of the molecule is CC(O)c1nnc(-c2ccccc2Cl)o1. The van der Waals surface area contributed by atoms with Crippen molar-refractivity contribution in [2.75, 3.05) is 0 Å². The van der Waals surface area contributed by atoms with Crippen molar-refractivity contribution in [3.8, 4) is 11.5 Å². The molecule has 0 aliphatic heterocycles. The van der Waals surface area contributed by atoms with E-state index in [0.29, 0.717) is 16.5 Å². The summed E-state index contributed by atoms with van der Waals surface area (Å²) in [5.74, 6) is 0.501. The molecule has 0 aliphatic rings. The van der Waals surface area contributed by atoms with Crippen molar-refractivity contribution in [1.29, 1.82) is 0 Å². The molecule has 15 heavy (non-hydrogen) atoms. The summed E-state index contributed by atoms with van der Waals surface area (Å²) in [6, 6.07) is 7.16. The molecule has 0 radical (unpaired) electrons. The highest BCUT2D eigenvalue weighted by atomic mass is 35.5. The minimum Gasteiger partial charge on any atom is -0.418 e. The number of aliphatic hydroxyl groups excluding tert-OH is 1. The molecular weight excluding hydrogens is 216 g/mol. The standard InChI is InChI=1S/C10H9ClN2O2/c1-6(14)9-12-13-10(15-9)7-4-2-3-5-8(7)11/h2-6,14H,1H3. The van der Waals surface area contributed by atoms with E-state index in [1.165, 1.54) is 0 Å². The average Bonchev–Trinajstić information content (AvgIpc) is 2.67. The second-order valence-corrected chi connectivity index (χ2v) is 3.51. The van der Waals surface area contributed by atoms with Gasteiger partial charge in [0.1, 0.15) is 6.10 Å². The molecule has 0 amide bonds. The van der Waals surface area contributed by atoms with E-state index >= 15 is 0 Å². The lowest BCUT2D eigenvalue weighted by Crippen LogP contribution is -1.89. The van der Waals surface area contributed by atoms with Gasteiger partial charge in [-0.2, -0.15) is 0 Å². The van der Waals surface area contributed by atoms with Crippen LogP contribution >= 0.6 is 11.6 Å². The molecule has 1 heterocycles.